The highest BCUT2D eigenvalue weighted by molar-refractivity contribution is 5.96. The number of nitrogens with zero attached hydrogens (tertiary/aromatic N) is 4. The minimum Gasteiger partial charge on any atom is -0.256 e. The van der Waals surface area contributed by atoms with Crippen molar-refractivity contribution in [1.82, 2.24) is 19.9 Å². The van der Waals surface area contributed by atoms with Gasteiger partial charge in [0.15, 0.2) is 17.5 Å². The van der Waals surface area contributed by atoms with Crippen molar-refractivity contribution < 1.29 is 0 Å². The van der Waals surface area contributed by atoms with E-state index in [1.807, 2.05) is 85.1 Å². The van der Waals surface area contributed by atoms with Crippen LogP contribution < -0.4 is 0 Å². The van der Waals surface area contributed by atoms with E-state index in [0.29, 0.717) is 17.5 Å². The van der Waals surface area contributed by atoms with Gasteiger partial charge in [-0.1, -0.05) is 140 Å². The SMILES string of the molecule is c1ccc(-c2nc(-c3ccccc3)nc(-c3ccc(-c4cc5ccccc5cc4-c4ccc(-c5ccccn5)cc4)cc3)n2)cc1. The van der Waals surface area contributed by atoms with Crippen LogP contribution in [0.15, 0.2) is 170 Å². The molecule has 46 heavy (non-hydrogen) atoms. The molecule has 8 aromatic rings. The molecule has 8 rings (SSSR count). The Morgan fingerprint density at radius 3 is 1.15 bits per heavy atom. The molecular formula is C42H28N4. The van der Waals surface area contributed by atoms with Crippen molar-refractivity contribution in [3.8, 4) is 67.7 Å². The summed E-state index contributed by atoms with van der Waals surface area (Å²) in [7, 11) is 0. The lowest BCUT2D eigenvalue weighted by Crippen LogP contribution is -2.00. The molecule has 0 amide bonds. The molecule has 2 aromatic heterocycles. The fraction of sp³-hybridized carbons (Fsp3) is 0. The third-order valence-electron chi connectivity index (χ3n) is 8.20. The van der Waals surface area contributed by atoms with Crippen LogP contribution in [-0.4, -0.2) is 19.9 Å². The van der Waals surface area contributed by atoms with Gasteiger partial charge in [-0.15, -0.1) is 0 Å². The molecule has 4 heteroatoms. The van der Waals surface area contributed by atoms with Crippen LogP contribution in [0.1, 0.15) is 0 Å². The molecule has 0 saturated heterocycles. The van der Waals surface area contributed by atoms with Gasteiger partial charge < -0.3 is 0 Å². The number of hydrogen-bond acceptors (Lipinski definition) is 4. The second kappa shape index (κ2) is 12.0. The summed E-state index contributed by atoms with van der Waals surface area (Å²) in [5.74, 6) is 1.95. The molecule has 0 saturated carbocycles. The van der Waals surface area contributed by atoms with Crippen LogP contribution in [-0.2, 0) is 0 Å². The Kier molecular flexibility index (Phi) is 7.14. The molecule has 0 aliphatic rings. The largest absolute Gasteiger partial charge is 0.256 e. The topological polar surface area (TPSA) is 51.6 Å². The fourth-order valence-corrected chi connectivity index (χ4v) is 5.81. The Labute approximate surface area is 267 Å². The average Bonchev–Trinajstić information content (AvgIpc) is 3.15. The minimum absolute atomic E-state index is 0.642. The Morgan fingerprint density at radius 2 is 0.696 bits per heavy atom. The average molecular weight is 589 g/mol. The first kappa shape index (κ1) is 27.3. The van der Waals surface area contributed by atoms with Gasteiger partial charge in [0.25, 0.3) is 0 Å². The summed E-state index contributed by atoms with van der Waals surface area (Å²) in [6.45, 7) is 0. The van der Waals surface area contributed by atoms with Crippen LogP contribution in [0, 0.1) is 0 Å². The van der Waals surface area contributed by atoms with Gasteiger partial charge in [0.2, 0.25) is 0 Å². The third-order valence-corrected chi connectivity index (χ3v) is 8.20. The van der Waals surface area contributed by atoms with Crippen LogP contribution in [0.5, 0.6) is 0 Å². The molecule has 216 valence electrons. The number of hydrogen-bond donors (Lipinski definition) is 0. The van der Waals surface area contributed by atoms with E-state index in [9.17, 15) is 0 Å². The van der Waals surface area contributed by atoms with E-state index >= 15 is 0 Å². The van der Waals surface area contributed by atoms with Crippen molar-refractivity contribution in [2.24, 2.45) is 0 Å². The van der Waals surface area contributed by atoms with Crippen LogP contribution in [0.3, 0.4) is 0 Å². The van der Waals surface area contributed by atoms with E-state index in [0.717, 1.165) is 39.1 Å². The number of benzene rings is 6. The number of pyridine rings is 1. The van der Waals surface area contributed by atoms with Crippen LogP contribution in [0.4, 0.5) is 0 Å². The van der Waals surface area contributed by atoms with E-state index < -0.39 is 0 Å². The van der Waals surface area contributed by atoms with Gasteiger partial charge in [-0.25, -0.2) is 15.0 Å². The van der Waals surface area contributed by atoms with E-state index in [2.05, 4.69) is 89.9 Å². The highest BCUT2D eigenvalue weighted by atomic mass is 15.0. The molecular weight excluding hydrogens is 560 g/mol. The zero-order valence-electron chi connectivity index (χ0n) is 25.0. The van der Waals surface area contributed by atoms with E-state index in [-0.39, 0.29) is 0 Å². The molecule has 0 bridgehead atoms. The lowest BCUT2D eigenvalue weighted by Gasteiger charge is -2.14. The summed E-state index contributed by atoms with van der Waals surface area (Å²) < 4.78 is 0. The van der Waals surface area contributed by atoms with Gasteiger partial charge in [0.1, 0.15) is 0 Å². The van der Waals surface area contributed by atoms with E-state index in [1.54, 1.807) is 0 Å². The smallest absolute Gasteiger partial charge is 0.164 e. The minimum atomic E-state index is 0.642. The van der Waals surface area contributed by atoms with E-state index in [4.69, 9.17) is 15.0 Å². The lowest BCUT2D eigenvalue weighted by atomic mass is 9.90. The van der Waals surface area contributed by atoms with Gasteiger partial charge in [-0.05, 0) is 57.3 Å². The zero-order valence-corrected chi connectivity index (χ0v) is 25.0. The van der Waals surface area contributed by atoms with Gasteiger partial charge in [0, 0.05) is 28.5 Å². The highest BCUT2D eigenvalue weighted by Crippen LogP contribution is 2.37. The second-order valence-corrected chi connectivity index (χ2v) is 11.2. The van der Waals surface area contributed by atoms with Crippen LogP contribution in [0.25, 0.3) is 78.4 Å². The van der Waals surface area contributed by atoms with Gasteiger partial charge >= 0.3 is 0 Å². The summed E-state index contributed by atoms with van der Waals surface area (Å²) in [6.07, 6.45) is 1.83. The Hall–Kier alpha value is -6.26. The lowest BCUT2D eigenvalue weighted by molar-refractivity contribution is 1.07. The normalized spacial score (nSPS) is 11.0. The number of rotatable bonds is 6. The first-order chi connectivity index (χ1) is 22.8. The summed E-state index contributed by atoms with van der Waals surface area (Å²) >= 11 is 0. The number of aromatic nitrogens is 4. The maximum Gasteiger partial charge on any atom is 0.164 e. The van der Waals surface area contributed by atoms with Crippen molar-refractivity contribution in [2.45, 2.75) is 0 Å². The summed E-state index contributed by atoms with van der Waals surface area (Å²) in [5, 5.41) is 2.41. The Morgan fingerprint density at radius 1 is 0.304 bits per heavy atom. The van der Waals surface area contributed by atoms with Crippen molar-refractivity contribution in [3.63, 3.8) is 0 Å². The molecule has 0 fully saturated rings. The van der Waals surface area contributed by atoms with Crippen molar-refractivity contribution in [3.05, 3.63) is 170 Å². The van der Waals surface area contributed by atoms with Gasteiger partial charge in [-0.3, -0.25) is 4.98 Å². The summed E-state index contributed by atoms with van der Waals surface area (Å²) in [6, 6.07) is 56.4. The fourth-order valence-electron chi connectivity index (χ4n) is 5.81. The molecule has 0 N–H and O–H groups in total. The third kappa shape index (κ3) is 5.44. The summed E-state index contributed by atoms with van der Waals surface area (Å²) in [4.78, 5) is 19.2. The molecule has 0 aliphatic carbocycles. The summed E-state index contributed by atoms with van der Waals surface area (Å²) in [5.41, 5.74) is 9.53. The molecule has 2 heterocycles. The van der Waals surface area contributed by atoms with Gasteiger partial charge in [-0.2, -0.15) is 0 Å². The maximum atomic E-state index is 4.91. The monoisotopic (exact) mass is 588 g/mol. The van der Waals surface area contributed by atoms with Crippen molar-refractivity contribution in [2.75, 3.05) is 0 Å². The molecule has 4 nitrogen and oxygen atoms in total. The quantitative estimate of drug-likeness (QED) is 0.194. The molecule has 0 unspecified atom stereocenters. The molecule has 0 atom stereocenters. The van der Waals surface area contributed by atoms with Crippen LogP contribution >= 0.6 is 0 Å². The van der Waals surface area contributed by atoms with Crippen molar-refractivity contribution >= 4 is 10.8 Å². The Balaban J connectivity index is 1.21. The molecule has 0 radical (unpaired) electrons. The molecule has 0 spiro atoms. The van der Waals surface area contributed by atoms with Gasteiger partial charge in [0.05, 0.1) is 5.69 Å². The first-order valence-corrected chi connectivity index (χ1v) is 15.3. The number of fused-ring (bicyclic) bond motifs is 1. The predicted molar refractivity (Wildman–Crippen MR) is 188 cm³/mol. The molecule has 6 aromatic carbocycles. The predicted octanol–water partition coefficient (Wildman–Crippen LogP) is 10.4. The van der Waals surface area contributed by atoms with Crippen molar-refractivity contribution in [1.29, 1.82) is 0 Å². The Bertz CT molecular complexity index is 2210. The standard InChI is InChI=1S/C42H28N4/c1-3-11-32(12-4-1)40-44-41(33-13-5-2-6-14-33)46-42(45-40)34-24-20-30(21-25-34)38-28-36-16-8-7-15-35(36)27-37(38)29-18-22-31(23-19-29)39-17-9-10-26-43-39/h1-28H. The van der Waals surface area contributed by atoms with E-state index in [1.165, 1.54) is 21.9 Å². The first-order valence-electron chi connectivity index (χ1n) is 15.3. The van der Waals surface area contributed by atoms with Crippen LogP contribution in [0.2, 0.25) is 0 Å². The molecule has 0 aliphatic heterocycles. The zero-order chi connectivity index (χ0) is 30.7. The highest BCUT2D eigenvalue weighted by Gasteiger charge is 2.14. The maximum absolute atomic E-state index is 4.91. The second-order valence-electron chi connectivity index (χ2n) is 11.2.